The van der Waals surface area contributed by atoms with Crippen LogP contribution in [0.15, 0.2) is 4.99 Å². The van der Waals surface area contributed by atoms with Gasteiger partial charge < -0.3 is 4.90 Å². The molecule has 0 fully saturated rings. The summed E-state index contributed by atoms with van der Waals surface area (Å²) < 4.78 is 0. The Kier molecular flexibility index (Phi) is 2.92. The molecule has 1 aliphatic rings. The third kappa shape index (κ3) is 1.95. The van der Waals surface area contributed by atoms with Crippen LogP contribution in [0.25, 0.3) is 0 Å². The summed E-state index contributed by atoms with van der Waals surface area (Å²) in [5, 5.41) is 0. The van der Waals surface area contributed by atoms with Crippen LogP contribution >= 0.6 is 0 Å². The maximum Gasteiger partial charge on any atom is 0.102 e. The van der Waals surface area contributed by atoms with Crippen molar-refractivity contribution in [1.29, 1.82) is 0 Å². The zero-order chi connectivity index (χ0) is 8.27. The number of hydrogen-bond donors (Lipinski definition) is 0. The van der Waals surface area contributed by atoms with Gasteiger partial charge in [0.1, 0.15) is 5.84 Å². The smallest absolute Gasteiger partial charge is 0.102 e. The van der Waals surface area contributed by atoms with Gasteiger partial charge in [0.15, 0.2) is 0 Å². The molecule has 0 atom stereocenters. The minimum absolute atomic E-state index is 0.601. The fraction of sp³-hybridized carbons (Fsp3) is 0.889. The largest absolute Gasteiger partial charge is 0.358 e. The van der Waals surface area contributed by atoms with E-state index in [1.54, 1.807) is 0 Å². The summed E-state index contributed by atoms with van der Waals surface area (Å²) in [5.74, 6) is 1.91. The average molecular weight is 154 g/mol. The molecule has 0 amide bonds. The third-order valence-corrected chi connectivity index (χ3v) is 1.98. The van der Waals surface area contributed by atoms with Crippen molar-refractivity contribution in [2.24, 2.45) is 10.9 Å². The molecule has 0 aliphatic carbocycles. The lowest BCUT2D eigenvalue weighted by Crippen LogP contribution is -2.31. The summed E-state index contributed by atoms with van der Waals surface area (Å²) in [6.45, 7) is 9.97. The van der Waals surface area contributed by atoms with Gasteiger partial charge >= 0.3 is 0 Å². The maximum atomic E-state index is 4.48. The molecular weight excluding hydrogens is 136 g/mol. The summed E-state index contributed by atoms with van der Waals surface area (Å²) in [7, 11) is 0. The molecule has 0 spiro atoms. The second-order valence-corrected chi connectivity index (χ2v) is 3.38. The van der Waals surface area contributed by atoms with Crippen LogP contribution in [-0.2, 0) is 0 Å². The lowest BCUT2D eigenvalue weighted by Gasteiger charge is -2.21. The summed E-state index contributed by atoms with van der Waals surface area (Å²) >= 11 is 0. The van der Waals surface area contributed by atoms with E-state index < -0.39 is 0 Å². The Labute approximate surface area is 69.3 Å². The number of aliphatic imine (C=N–C) groups is 1. The van der Waals surface area contributed by atoms with Crippen LogP contribution in [0.2, 0.25) is 0 Å². The molecular formula is C9H18N2. The Morgan fingerprint density at radius 2 is 2.27 bits per heavy atom. The van der Waals surface area contributed by atoms with Crippen molar-refractivity contribution in [1.82, 2.24) is 4.90 Å². The number of hydrogen-bond acceptors (Lipinski definition) is 2. The average Bonchev–Trinajstić information content (AvgIpc) is 2.36. The normalized spacial score (nSPS) is 17.8. The van der Waals surface area contributed by atoms with Gasteiger partial charge in [-0.25, -0.2) is 0 Å². The van der Waals surface area contributed by atoms with E-state index in [4.69, 9.17) is 0 Å². The van der Waals surface area contributed by atoms with E-state index in [2.05, 4.69) is 30.7 Å². The molecule has 11 heavy (non-hydrogen) atoms. The zero-order valence-corrected chi connectivity index (χ0v) is 7.80. The summed E-state index contributed by atoms with van der Waals surface area (Å²) in [4.78, 5) is 6.89. The first-order chi connectivity index (χ1) is 5.25. The topological polar surface area (TPSA) is 15.6 Å². The van der Waals surface area contributed by atoms with Crippen LogP contribution < -0.4 is 0 Å². The second kappa shape index (κ2) is 3.74. The number of rotatable bonds is 3. The van der Waals surface area contributed by atoms with Gasteiger partial charge in [0.25, 0.3) is 0 Å². The number of nitrogens with zero attached hydrogens (tertiary/aromatic N) is 2. The van der Waals surface area contributed by atoms with Crippen LogP contribution in [0.4, 0.5) is 0 Å². The molecule has 1 rings (SSSR count). The highest BCUT2D eigenvalue weighted by molar-refractivity contribution is 5.85. The Bertz CT molecular complexity index is 150. The molecule has 0 radical (unpaired) electrons. The highest BCUT2D eigenvalue weighted by Crippen LogP contribution is 2.09. The Balaban J connectivity index is 2.48. The minimum atomic E-state index is 0.601. The summed E-state index contributed by atoms with van der Waals surface area (Å²) in [5.41, 5.74) is 0. The molecule has 2 nitrogen and oxygen atoms in total. The highest BCUT2D eigenvalue weighted by Gasteiger charge is 2.17. The van der Waals surface area contributed by atoms with Gasteiger partial charge in [0.2, 0.25) is 0 Å². The Hall–Kier alpha value is -0.530. The van der Waals surface area contributed by atoms with Crippen molar-refractivity contribution in [3.05, 3.63) is 0 Å². The van der Waals surface area contributed by atoms with Gasteiger partial charge in [0, 0.05) is 19.0 Å². The van der Waals surface area contributed by atoms with Crippen molar-refractivity contribution in [3.8, 4) is 0 Å². The molecule has 1 heterocycles. The van der Waals surface area contributed by atoms with Gasteiger partial charge in [-0.05, 0) is 6.42 Å². The molecule has 0 aromatic carbocycles. The molecule has 0 aromatic rings. The minimum Gasteiger partial charge on any atom is -0.358 e. The number of amidine groups is 1. The van der Waals surface area contributed by atoms with Crippen molar-refractivity contribution in [3.63, 3.8) is 0 Å². The van der Waals surface area contributed by atoms with Crippen molar-refractivity contribution < 1.29 is 0 Å². The summed E-state index contributed by atoms with van der Waals surface area (Å²) in [6.07, 6.45) is 1.23. The molecule has 0 aromatic heterocycles. The molecule has 2 heteroatoms. The molecule has 0 saturated carbocycles. The predicted molar refractivity (Wildman–Crippen MR) is 49.0 cm³/mol. The monoisotopic (exact) mass is 154 g/mol. The van der Waals surface area contributed by atoms with Gasteiger partial charge in [-0.1, -0.05) is 20.8 Å². The quantitative estimate of drug-likeness (QED) is 0.605. The lowest BCUT2D eigenvalue weighted by molar-refractivity contribution is 0.437. The van der Waals surface area contributed by atoms with E-state index in [0.717, 1.165) is 13.1 Å². The van der Waals surface area contributed by atoms with Gasteiger partial charge in [0.05, 0.1) is 6.54 Å². The molecule has 0 N–H and O–H groups in total. The van der Waals surface area contributed by atoms with Crippen LogP contribution in [0.1, 0.15) is 27.2 Å². The van der Waals surface area contributed by atoms with Gasteiger partial charge in [-0.3, -0.25) is 4.99 Å². The van der Waals surface area contributed by atoms with E-state index in [9.17, 15) is 0 Å². The van der Waals surface area contributed by atoms with E-state index in [0.29, 0.717) is 5.92 Å². The molecule has 0 saturated heterocycles. The lowest BCUT2D eigenvalue weighted by atomic mass is 10.2. The first-order valence-electron chi connectivity index (χ1n) is 4.55. The highest BCUT2D eigenvalue weighted by atomic mass is 15.2. The first kappa shape index (κ1) is 8.57. The first-order valence-corrected chi connectivity index (χ1v) is 4.55. The van der Waals surface area contributed by atoms with E-state index >= 15 is 0 Å². The maximum absolute atomic E-state index is 4.48. The fourth-order valence-electron chi connectivity index (χ4n) is 1.54. The molecule has 0 unspecified atom stereocenters. The van der Waals surface area contributed by atoms with Crippen molar-refractivity contribution >= 4 is 5.84 Å². The van der Waals surface area contributed by atoms with E-state index in [-0.39, 0.29) is 0 Å². The van der Waals surface area contributed by atoms with Gasteiger partial charge in [-0.2, -0.15) is 0 Å². The predicted octanol–water partition coefficient (Wildman–Crippen LogP) is 1.77. The third-order valence-electron chi connectivity index (χ3n) is 1.98. The van der Waals surface area contributed by atoms with Crippen LogP contribution in [-0.4, -0.2) is 30.4 Å². The molecule has 0 bridgehead atoms. The van der Waals surface area contributed by atoms with Crippen LogP contribution in [0, 0.1) is 5.92 Å². The zero-order valence-electron chi connectivity index (χ0n) is 7.80. The van der Waals surface area contributed by atoms with Gasteiger partial charge in [-0.15, -0.1) is 0 Å². The van der Waals surface area contributed by atoms with Crippen molar-refractivity contribution in [2.75, 3.05) is 19.6 Å². The van der Waals surface area contributed by atoms with E-state index in [1.807, 2.05) is 0 Å². The van der Waals surface area contributed by atoms with E-state index in [1.165, 1.54) is 18.8 Å². The Morgan fingerprint density at radius 1 is 1.55 bits per heavy atom. The van der Waals surface area contributed by atoms with Crippen LogP contribution in [0.5, 0.6) is 0 Å². The SMILES string of the molecule is CCCN1CCN=C1C(C)C. The molecule has 1 aliphatic heterocycles. The summed E-state index contributed by atoms with van der Waals surface area (Å²) in [6, 6.07) is 0. The second-order valence-electron chi connectivity index (χ2n) is 3.38. The molecule has 64 valence electrons. The standard InChI is InChI=1S/C9H18N2/c1-4-6-11-7-5-10-9(11)8(2)3/h8H,4-7H2,1-3H3. The fourth-order valence-corrected chi connectivity index (χ4v) is 1.54. The van der Waals surface area contributed by atoms with Crippen LogP contribution in [0.3, 0.4) is 0 Å². The Morgan fingerprint density at radius 3 is 2.82 bits per heavy atom. The van der Waals surface area contributed by atoms with Crippen molar-refractivity contribution in [2.45, 2.75) is 27.2 Å².